The highest BCUT2D eigenvalue weighted by Crippen LogP contribution is 2.21. The molecule has 21 heavy (non-hydrogen) atoms. The molecule has 0 spiro atoms. The van der Waals surface area contributed by atoms with Gasteiger partial charge in [-0.1, -0.05) is 0 Å². The van der Waals surface area contributed by atoms with Crippen molar-refractivity contribution in [1.82, 2.24) is 14.2 Å². The van der Waals surface area contributed by atoms with Gasteiger partial charge in [-0.3, -0.25) is 9.59 Å². The molecule has 0 aromatic carbocycles. The van der Waals surface area contributed by atoms with Crippen molar-refractivity contribution in [2.24, 2.45) is 12.8 Å². The van der Waals surface area contributed by atoms with Crippen LogP contribution in [0.4, 0.5) is 0 Å². The highest BCUT2D eigenvalue weighted by Gasteiger charge is 2.38. The van der Waals surface area contributed by atoms with Gasteiger partial charge >= 0.3 is 5.97 Å². The number of nitrogens with zero attached hydrogens (tertiary/aromatic N) is 2. The third-order valence-electron chi connectivity index (χ3n) is 3.32. The number of sulfonamides is 1. The lowest BCUT2D eigenvalue weighted by atomic mass is 10.2. The van der Waals surface area contributed by atoms with Crippen LogP contribution in [0.1, 0.15) is 10.5 Å². The van der Waals surface area contributed by atoms with Gasteiger partial charge in [0.05, 0.1) is 0 Å². The monoisotopic (exact) mass is 316 g/mol. The topological polar surface area (TPSA) is 135 Å². The summed E-state index contributed by atoms with van der Waals surface area (Å²) in [6, 6.07) is -0.0282. The molecule has 4 N–H and O–H groups in total. The maximum Gasteiger partial charge on any atom is 0.323 e. The number of rotatable bonds is 4. The third-order valence-corrected chi connectivity index (χ3v) is 5.19. The van der Waals surface area contributed by atoms with E-state index in [4.69, 9.17) is 10.8 Å². The van der Waals surface area contributed by atoms with Crippen molar-refractivity contribution in [3.63, 3.8) is 0 Å². The average molecular weight is 316 g/mol. The lowest BCUT2D eigenvalue weighted by molar-refractivity contribution is -0.141. The molecule has 1 amide bonds. The molecular weight excluding hydrogens is 300 g/mol. The van der Waals surface area contributed by atoms with Gasteiger partial charge in [-0.25, -0.2) is 8.42 Å². The number of nitrogens with two attached hydrogens (primary N) is 1. The second-order valence-electron chi connectivity index (χ2n) is 4.71. The van der Waals surface area contributed by atoms with E-state index >= 15 is 0 Å². The molecule has 0 saturated carbocycles. The van der Waals surface area contributed by atoms with E-state index in [2.05, 4.69) is 5.32 Å². The predicted molar refractivity (Wildman–Crippen MR) is 72.1 cm³/mol. The first kappa shape index (κ1) is 15.5. The molecule has 116 valence electrons. The van der Waals surface area contributed by atoms with Crippen LogP contribution in [0.3, 0.4) is 0 Å². The van der Waals surface area contributed by atoms with E-state index in [1.54, 1.807) is 0 Å². The number of hydrogen-bond acceptors (Lipinski definition) is 5. The summed E-state index contributed by atoms with van der Waals surface area (Å²) in [4.78, 5) is 22.3. The first-order chi connectivity index (χ1) is 9.75. The maximum atomic E-state index is 12.6. The van der Waals surface area contributed by atoms with Crippen LogP contribution in [-0.2, 0) is 21.9 Å². The molecule has 1 unspecified atom stereocenters. The van der Waals surface area contributed by atoms with Crippen LogP contribution in [0, 0.1) is 0 Å². The second kappa shape index (κ2) is 5.47. The van der Waals surface area contributed by atoms with Gasteiger partial charge in [0.1, 0.15) is 16.6 Å². The first-order valence-electron chi connectivity index (χ1n) is 6.16. The number of nitrogens with one attached hydrogen (secondary N) is 1. The van der Waals surface area contributed by atoms with Crippen LogP contribution < -0.4 is 11.1 Å². The van der Waals surface area contributed by atoms with Crippen LogP contribution in [-0.4, -0.2) is 59.9 Å². The molecule has 2 heterocycles. The summed E-state index contributed by atoms with van der Waals surface area (Å²) in [6.45, 7) is 0.433. The summed E-state index contributed by atoms with van der Waals surface area (Å²) in [5.41, 5.74) is 5.19. The Bertz CT molecular complexity index is 681. The fraction of sp³-hybridized carbons (Fsp3) is 0.455. The van der Waals surface area contributed by atoms with E-state index in [1.165, 1.54) is 17.8 Å². The SMILES string of the molecule is Cn1cc(S(=O)(=O)N2CCNCC2C(=O)O)cc1C(N)=O. The molecule has 0 bridgehead atoms. The van der Waals surface area contributed by atoms with Gasteiger partial charge in [0.2, 0.25) is 10.0 Å². The first-order valence-corrected chi connectivity index (χ1v) is 7.60. The molecular formula is C11H16N4O5S. The lowest BCUT2D eigenvalue weighted by Gasteiger charge is -2.32. The van der Waals surface area contributed by atoms with E-state index in [1.807, 2.05) is 0 Å². The minimum absolute atomic E-state index is 0.0318. The van der Waals surface area contributed by atoms with Crippen molar-refractivity contribution in [2.45, 2.75) is 10.9 Å². The molecule has 10 heteroatoms. The van der Waals surface area contributed by atoms with E-state index in [0.717, 1.165) is 10.4 Å². The Morgan fingerprint density at radius 2 is 2.14 bits per heavy atom. The highest BCUT2D eigenvalue weighted by atomic mass is 32.2. The number of aromatic nitrogens is 1. The highest BCUT2D eigenvalue weighted by molar-refractivity contribution is 7.89. The normalized spacial score (nSPS) is 20.3. The van der Waals surface area contributed by atoms with E-state index in [0.29, 0.717) is 6.54 Å². The molecule has 1 fully saturated rings. The van der Waals surface area contributed by atoms with Crippen molar-refractivity contribution < 1.29 is 23.1 Å². The number of primary amides is 1. The zero-order valence-corrected chi connectivity index (χ0v) is 12.1. The number of aliphatic carboxylic acids is 1. The predicted octanol–water partition coefficient (Wildman–Crippen LogP) is -1.83. The number of hydrogen-bond donors (Lipinski definition) is 3. The molecule has 9 nitrogen and oxygen atoms in total. The molecule has 1 aromatic heterocycles. The van der Waals surface area contributed by atoms with Crippen LogP contribution in [0.15, 0.2) is 17.2 Å². The molecule has 1 aliphatic rings. The van der Waals surface area contributed by atoms with Gasteiger partial charge in [-0.2, -0.15) is 4.31 Å². The number of carbonyl (C=O) groups excluding carboxylic acids is 1. The summed E-state index contributed by atoms with van der Waals surface area (Å²) in [5, 5.41) is 12.0. The molecule has 1 saturated heterocycles. The minimum atomic E-state index is -4.01. The van der Waals surface area contributed by atoms with E-state index in [9.17, 15) is 18.0 Å². The summed E-state index contributed by atoms with van der Waals surface area (Å²) in [7, 11) is -2.52. The Balaban J connectivity index is 2.43. The summed E-state index contributed by atoms with van der Waals surface area (Å²) in [6.07, 6.45) is 1.25. The minimum Gasteiger partial charge on any atom is -0.480 e. The smallest absolute Gasteiger partial charge is 0.323 e. The van der Waals surface area contributed by atoms with E-state index in [-0.39, 0.29) is 23.7 Å². The number of carboxylic acids is 1. The molecule has 2 rings (SSSR count). The third kappa shape index (κ3) is 2.77. The zero-order valence-electron chi connectivity index (χ0n) is 11.3. The van der Waals surface area contributed by atoms with Gasteiger partial charge in [-0.15, -0.1) is 0 Å². The molecule has 0 aliphatic carbocycles. The number of carbonyl (C=O) groups is 2. The van der Waals surface area contributed by atoms with Crippen molar-refractivity contribution >= 4 is 21.9 Å². The Morgan fingerprint density at radius 3 is 2.67 bits per heavy atom. The van der Waals surface area contributed by atoms with Crippen molar-refractivity contribution in [2.75, 3.05) is 19.6 Å². The van der Waals surface area contributed by atoms with Crippen molar-refractivity contribution in [3.8, 4) is 0 Å². The summed E-state index contributed by atoms with van der Waals surface area (Å²) >= 11 is 0. The van der Waals surface area contributed by atoms with Gasteiger partial charge in [-0.05, 0) is 6.07 Å². The maximum absolute atomic E-state index is 12.6. The van der Waals surface area contributed by atoms with Crippen LogP contribution >= 0.6 is 0 Å². The van der Waals surface area contributed by atoms with Crippen LogP contribution in [0.5, 0.6) is 0 Å². The standard InChI is InChI=1S/C11H16N4O5S/c1-14-6-7(4-8(14)10(12)16)21(19,20)15-3-2-13-5-9(15)11(17)18/h4,6,9,13H,2-3,5H2,1H3,(H2,12,16)(H,17,18). The van der Waals surface area contributed by atoms with Crippen LogP contribution in [0.25, 0.3) is 0 Å². The van der Waals surface area contributed by atoms with Gasteiger partial charge < -0.3 is 20.7 Å². The summed E-state index contributed by atoms with van der Waals surface area (Å²) in [5.74, 6) is -1.98. The van der Waals surface area contributed by atoms with Crippen LogP contribution in [0.2, 0.25) is 0 Å². The fourth-order valence-corrected chi connectivity index (χ4v) is 3.89. The lowest BCUT2D eigenvalue weighted by Crippen LogP contribution is -2.56. The molecule has 1 aromatic rings. The van der Waals surface area contributed by atoms with Gasteiger partial charge in [0.15, 0.2) is 0 Å². The number of piperazine rings is 1. The second-order valence-corrected chi connectivity index (χ2v) is 6.60. The van der Waals surface area contributed by atoms with Crippen molar-refractivity contribution in [1.29, 1.82) is 0 Å². The molecule has 0 radical (unpaired) electrons. The zero-order chi connectivity index (χ0) is 15.8. The Kier molecular flexibility index (Phi) is 4.03. The van der Waals surface area contributed by atoms with E-state index < -0.39 is 27.9 Å². The molecule has 1 aliphatic heterocycles. The largest absolute Gasteiger partial charge is 0.480 e. The number of carboxylic acid groups (broad SMARTS) is 1. The average Bonchev–Trinajstić information content (AvgIpc) is 2.81. The Labute approximate surface area is 121 Å². The molecule has 1 atom stereocenters. The van der Waals surface area contributed by atoms with Crippen molar-refractivity contribution in [3.05, 3.63) is 18.0 Å². The quantitative estimate of drug-likeness (QED) is 0.598. The Hall–Kier alpha value is -1.91. The number of amides is 1. The summed E-state index contributed by atoms with van der Waals surface area (Å²) < 4.78 is 27.3. The Morgan fingerprint density at radius 1 is 1.48 bits per heavy atom. The van der Waals surface area contributed by atoms with Gasteiger partial charge in [0, 0.05) is 32.9 Å². The number of aryl methyl sites for hydroxylation is 1. The van der Waals surface area contributed by atoms with Gasteiger partial charge in [0.25, 0.3) is 5.91 Å². The fourth-order valence-electron chi connectivity index (χ4n) is 2.24.